The van der Waals surface area contributed by atoms with Crippen molar-refractivity contribution in [3.8, 4) is 6.07 Å². The summed E-state index contributed by atoms with van der Waals surface area (Å²) in [4.78, 5) is 10.3. The van der Waals surface area contributed by atoms with E-state index in [1.807, 2.05) is 6.07 Å². The molecule has 106 valence electrons. The molecule has 1 aliphatic rings. The van der Waals surface area contributed by atoms with Gasteiger partial charge in [0.2, 0.25) is 0 Å². The fourth-order valence-corrected chi connectivity index (χ4v) is 2.30. The summed E-state index contributed by atoms with van der Waals surface area (Å²) < 4.78 is 5.62. The van der Waals surface area contributed by atoms with Crippen molar-refractivity contribution in [1.82, 2.24) is 0 Å². The number of rotatable bonds is 5. The highest BCUT2D eigenvalue weighted by Gasteiger charge is 2.15. The maximum atomic E-state index is 10.9. The van der Waals surface area contributed by atoms with Crippen LogP contribution in [-0.4, -0.2) is 24.2 Å². The number of ether oxygens (including phenoxy) is 1. The second kappa shape index (κ2) is 6.87. The second-order valence-electron chi connectivity index (χ2n) is 4.80. The van der Waals surface area contributed by atoms with E-state index in [4.69, 9.17) is 10.00 Å². The molecule has 1 aromatic carbocycles. The van der Waals surface area contributed by atoms with Gasteiger partial charge in [-0.25, -0.2) is 0 Å². The summed E-state index contributed by atoms with van der Waals surface area (Å²) in [6.07, 6.45) is 4.58. The van der Waals surface area contributed by atoms with Gasteiger partial charge in [0, 0.05) is 24.9 Å². The van der Waals surface area contributed by atoms with Crippen LogP contribution in [0.2, 0.25) is 0 Å². The van der Waals surface area contributed by atoms with Crippen molar-refractivity contribution in [1.29, 1.82) is 5.26 Å². The first kappa shape index (κ1) is 14.3. The van der Waals surface area contributed by atoms with Gasteiger partial charge in [-0.1, -0.05) is 0 Å². The lowest BCUT2D eigenvalue weighted by molar-refractivity contribution is -0.385. The molecule has 6 heteroatoms. The van der Waals surface area contributed by atoms with Crippen LogP contribution in [0.1, 0.15) is 31.2 Å². The number of benzene rings is 1. The molecule has 1 heterocycles. The minimum atomic E-state index is -0.534. The second-order valence-corrected chi connectivity index (χ2v) is 4.80. The van der Waals surface area contributed by atoms with E-state index in [-0.39, 0.29) is 17.4 Å². The molecule has 1 fully saturated rings. The van der Waals surface area contributed by atoms with Crippen LogP contribution in [0.25, 0.3) is 0 Å². The normalized spacial score (nSPS) is 18.2. The predicted molar refractivity (Wildman–Crippen MR) is 74.5 cm³/mol. The summed E-state index contributed by atoms with van der Waals surface area (Å²) in [5, 5.41) is 22.8. The molecule has 0 spiro atoms. The SMILES string of the molecule is N#Cc1ccc(NCCC2CCCCO2)cc1[N+](=O)[O-]. The zero-order valence-electron chi connectivity index (χ0n) is 11.2. The van der Waals surface area contributed by atoms with Crippen LogP contribution in [0.5, 0.6) is 0 Å². The van der Waals surface area contributed by atoms with E-state index >= 15 is 0 Å². The Morgan fingerprint density at radius 2 is 2.35 bits per heavy atom. The molecule has 6 nitrogen and oxygen atoms in total. The quantitative estimate of drug-likeness (QED) is 0.659. The molecular weight excluding hydrogens is 258 g/mol. The van der Waals surface area contributed by atoms with Crippen LogP contribution >= 0.6 is 0 Å². The van der Waals surface area contributed by atoms with Crippen molar-refractivity contribution in [2.45, 2.75) is 31.8 Å². The van der Waals surface area contributed by atoms with Gasteiger partial charge in [0.15, 0.2) is 0 Å². The van der Waals surface area contributed by atoms with Crippen LogP contribution < -0.4 is 5.32 Å². The molecule has 1 aliphatic heterocycles. The van der Waals surface area contributed by atoms with Crippen LogP contribution in [-0.2, 0) is 4.74 Å². The third kappa shape index (κ3) is 3.68. The smallest absolute Gasteiger partial charge is 0.289 e. The summed E-state index contributed by atoms with van der Waals surface area (Å²) in [6.45, 7) is 1.53. The Morgan fingerprint density at radius 3 is 3.00 bits per heavy atom. The molecule has 1 saturated heterocycles. The topological polar surface area (TPSA) is 88.2 Å². The Bertz CT molecular complexity index is 519. The highest BCUT2D eigenvalue weighted by Crippen LogP contribution is 2.23. The Morgan fingerprint density at radius 1 is 1.50 bits per heavy atom. The van der Waals surface area contributed by atoms with Crippen molar-refractivity contribution in [3.63, 3.8) is 0 Å². The first-order valence-corrected chi connectivity index (χ1v) is 6.74. The molecule has 1 atom stereocenters. The van der Waals surface area contributed by atoms with Gasteiger partial charge in [-0.2, -0.15) is 5.26 Å². The van der Waals surface area contributed by atoms with E-state index in [0.717, 1.165) is 25.9 Å². The Balaban J connectivity index is 1.91. The van der Waals surface area contributed by atoms with Crippen LogP contribution in [0.3, 0.4) is 0 Å². The van der Waals surface area contributed by atoms with Crippen molar-refractivity contribution in [3.05, 3.63) is 33.9 Å². The highest BCUT2D eigenvalue weighted by atomic mass is 16.6. The molecule has 0 aliphatic carbocycles. The summed E-state index contributed by atoms with van der Waals surface area (Å²) in [7, 11) is 0. The van der Waals surface area contributed by atoms with Gasteiger partial charge in [0.1, 0.15) is 11.6 Å². The fraction of sp³-hybridized carbons (Fsp3) is 0.500. The molecule has 0 saturated carbocycles. The number of nitriles is 1. The Kier molecular flexibility index (Phi) is 4.91. The van der Waals surface area contributed by atoms with E-state index in [0.29, 0.717) is 12.2 Å². The van der Waals surface area contributed by atoms with Crippen LogP contribution in [0.4, 0.5) is 11.4 Å². The minimum absolute atomic E-state index is 0.0798. The number of nitro groups is 1. The molecule has 0 radical (unpaired) electrons. The molecule has 20 heavy (non-hydrogen) atoms. The van der Waals surface area contributed by atoms with E-state index < -0.39 is 4.92 Å². The summed E-state index contributed by atoms with van der Waals surface area (Å²) >= 11 is 0. The van der Waals surface area contributed by atoms with Crippen LogP contribution in [0, 0.1) is 21.4 Å². The number of nitrogens with zero attached hydrogens (tertiary/aromatic N) is 2. The van der Waals surface area contributed by atoms with Crippen molar-refractivity contribution < 1.29 is 9.66 Å². The molecule has 0 amide bonds. The summed E-state index contributed by atoms with van der Waals surface area (Å²) in [6, 6.07) is 6.38. The molecule has 1 unspecified atom stereocenters. The zero-order chi connectivity index (χ0) is 14.4. The lowest BCUT2D eigenvalue weighted by Crippen LogP contribution is -2.22. The van der Waals surface area contributed by atoms with Gasteiger partial charge in [0.25, 0.3) is 5.69 Å². The number of nitro benzene ring substituents is 1. The largest absolute Gasteiger partial charge is 0.385 e. The van der Waals surface area contributed by atoms with E-state index in [2.05, 4.69) is 5.32 Å². The summed E-state index contributed by atoms with van der Waals surface area (Å²) in [5.41, 5.74) is 0.578. The first-order valence-electron chi connectivity index (χ1n) is 6.74. The van der Waals surface area contributed by atoms with E-state index in [9.17, 15) is 10.1 Å². The van der Waals surface area contributed by atoms with Gasteiger partial charge in [0.05, 0.1) is 11.0 Å². The molecule has 1 aromatic rings. The molecule has 0 aromatic heterocycles. The number of nitrogens with one attached hydrogen (secondary N) is 1. The van der Waals surface area contributed by atoms with E-state index in [1.54, 1.807) is 6.07 Å². The lowest BCUT2D eigenvalue weighted by Gasteiger charge is -2.22. The Labute approximate surface area is 117 Å². The summed E-state index contributed by atoms with van der Waals surface area (Å²) in [5.74, 6) is 0. The van der Waals surface area contributed by atoms with Crippen molar-refractivity contribution >= 4 is 11.4 Å². The van der Waals surface area contributed by atoms with E-state index in [1.165, 1.54) is 18.6 Å². The van der Waals surface area contributed by atoms with Crippen molar-refractivity contribution in [2.75, 3.05) is 18.5 Å². The van der Waals surface area contributed by atoms with Gasteiger partial charge >= 0.3 is 0 Å². The molecule has 0 bridgehead atoms. The predicted octanol–water partition coefficient (Wildman–Crippen LogP) is 2.84. The Hall–Kier alpha value is -2.13. The third-order valence-corrected chi connectivity index (χ3v) is 3.38. The average Bonchev–Trinajstić information content (AvgIpc) is 2.48. The first-order chi connectivity index (χ1) is 9.70. The van der Waals surface area contributed by atoms with Gasteiger partial charge in [-0.05, 0) is 37.8 Å². The zero-order valence-corrected chi connectivity index (χ0v) is 11.2. The monoisotopic (exact) mass is 275 g/mol. The third-order valence-electron chi connectivity index (χ3n) is 3.38. The maximum Gasteiger partial charge on any atom is 0.289 e. The number of anilines is 1. The lowest BCUT2D eigenvalue weighted by atomic mass is 10.1. The fourth-order valence-electron chi connectivity index (χ4n) is 2.30. The van der Waals surface area contributed by atoms with Gasteiger partial charge in [-0.3, -0.25) is 10.1 Å². The highest BCUT2D eigenvalue weighted by molar-refractivity contribution is 5.59. The standard InChI is InChI=1S/C14H17N3O3/c15-10-11-4-5-12(9-14(11)17(18)19)16-7-6-13-3-1-2-8-20-13/h4-5,9,13,16H,1-3,6-8H2. The molecular formula is C14H17N3O3. The minimum Gasteiger partial charge on any atom is -0.385 e. The number of hydrogen-bond acceptors (Lipinski definition) is 5. The molecule has 1 N–H and O–H groups in total. The average molecular weight is 275 g/mol. The van der Waals surface area contributed by atoms with Crippen LogP contribution in [0.15, 0.2) is 18.2 Å². The van der Waals surface area contributed by atoms with Gasteiger partial charge < -0.3 is 10.1 Å². The van der Waals surface area contributed by atoms with Gasteiger partial charge in [-0.15, -0.1) is 0 Å². The van der Waals surface area contributed by atoms with Crippen molar-refractivity contribution in [2.24, 2.45) is 0 Å². The maximum absolute atomic E-state index is 10.9. The number of hydrogen-bond donors (Lipinski definition) is 1. The molecule has 2 rings (SSSR count).